The topological polar surface area (TPSA) is 20.3 Å². The standard InChI is InChI=1S/C9H14F3NOS/c10-9(11,12)15-6-5-13-4-2-1-3-8(13)7-14/h7-8H,1-6H2. The van der Waals surface area contributed by atoms with E-state index in [1.54, 1.807) is 0 Å². The van der Waals surface area contributed by atoms with Gasteiger partial charge in [-0.25, -0.2) is 0 Å². The minimum absolute atomic E-state index is 0.00778. The molecule has 15 heavy (non-hydrogen) atoms. The van der Waals surface area contributed by atoms with Gasteiger partial charge in [0, 0.05) is 12.3 Å². The molecule has 88 valence electrons. The lowest BCUT2D eigenvalue weighted by molar-refractivity contribution is -0.113. The molecule has 0 bridgehead atoms. The third-order valence-electron chi connectivity index (χ3n) is 2.47. The Morgan fingerprint density at radius 1 is 1.40 bits per heavy atom. The number of nitrogens with zero attached hydrogens (tertiary/aromatic N) is 1. The minimum Gasteiger partial charge on any atom is -0.302 e. The summed E-state index contributed by atoms with van der Waals surface area (Å²) >= 11 is -0.0179. The van der Waals surface area contributed by atoms with Crippen LogP contribution in [0.5, 0.6) is 0 Å². The summed E-state index contributed by atoms with van der Waals surface area (Å²) in [7, 11) is 0. The maximum Gasteiger partial charge on any atom is 0.441 e. The van der Waals surface area contributed by atoms with Crippen LogP contribution in [-0.4, -0.2) is 41.6 Å². The lowest BCUT2D eigenvalue weighted by atomic mass is 10.0. The average molecular weight is 241 g/mol. The zero-order valence-corrected chi connectivity index (χ0v) is 9.11. The van der Waals surface area contributed by atoms with Crippen molar-refractivity contribution < 1.29 is 18.0 Å². The molecule has 0 aromatic heterocycles. The first kappa shape index (κ1) is 12.8. The van der Waals surface area contributed by atoms with Crippen molar-refractivity contribution in [3.63, 3.8) is 0 Å². The first-order valence-electron chi connectivity index (χ1n) is 4.93. The lowest BCUT2D eigenvalue weighted by Gasteiger charge is -2.31. The van der Waals surface area contributed by atoms with E-state index in [0.29, 0.717) is 6.54 Å². The fourth-order valence-corrected chi connectivity index (χ4v) is 2.28. The summed E-state index contributed by atoms with van der Waals surface area (Å²) in [6.45, 7) is 1.08. The number of likely N-dealkylation sites (tertiary alicyclic amines) is 1. The molecular formula is C9H14F3NOS. The van der Waals surface area contributed by atoms with Crippen LogP contribution in [0.15, 0.2) is 0 Å². The molecular weight excluding hydrogens is 227 g/mol. The van der Waals surface area contributed by atoms with E-state index >= 15 is 0 Å². The predicted molar refractivity (Wildman–Crippen MR) is 53.8 cm³/mol. The van der Waals surface area contributed by atoms with Gasteiger partial charge in [0.05, 0.1) is 6.04 Å². The van der Waals surface area contributed by atoms with Crippen LogP contribution < -0.4 is 0 Å². The number of hydrogen-bond acceptors (Lipinski definition) is 3. The molecule has 0 aromatic rings. The molecule has 1 unspecified atom stereocenters. The van der Waals surface area contributed by atoms with Gasteiger partial charge in [-0.2, -0.15) is 13.2 Å². The normalized spacial score (nSPS) is 24.1. The maximum absolute atomic E-state index is 11.9. The molecule has 1 rings (SSSR count). The molecule has 0 aromatic carbocycles. The number of carbonyl (C=O) groups is 1. The van der Waals surface area contributed by atoms with E-state index in [9.17, 15) is 18.0 Å². The summed E-state index contributed by atoms with van der Waals surface area (Å²) in [4.78, 5) is 12.5. The third kappa shape index (κ3) is 4.88. The van der Waals surface area contributed by atoms with Crippen molar-refractivity contribution in [1.82, 2.24) is 4.90 Å². The molecule has 1 atom stereocenters. The maximum atomic E-state index is 11.9. The van der Waals surface area contributed by atoms with Crippen molar-refractivity contribution in [2.24, 2.45) is 0 Å². The summed E-state index contributed by atoms with van der Waals surface area (Å²) in [5.74, 6) is 0.00778. The Bertz CT molecular complexity index is 210. The molecule has 0 saturated carbocycles. The van der Waals surface area contributed by atoms with Crippen molar-refractivity contribution in [1.29, 1.82) is 0 Å². The summed E-state index contributed by atoms with van der Waals surface area (Å²) in [6, 6.07) is -0.174. The molecule has 0 spiro atoms. The number of rotatable bonds is 4. The van der Waals surface area contributed by atoms with Crippen LogP contribution in [0.4, 0.5) is 13.2 Å². The number of hydrogen-bond donors (Lipinski definition) is 0. The minimum atomic E-state index is -4.16. The van der Waals surface area contributed by atoms with Crippen LogP contribution in [0.25, 0.3) is 0 Å². The number of carbonyl (C=O) groups excluding carboxylic acids is 1. The van der Waals surface area contributed by atoms with Crippen molar-refractivity contribution in [2.45, 2.75) is 30.8 Å². The number of aldehydes is 1. The van der Waals surface area contributed by atoms with Crippen LogP contribution in [0, 0.1) is 0 Å². The Morgan fingerprint density at radius 3 is 2.73 bits per heavy atom. The van der Waals surface area contributed by atoms with E-state index in [2.05, 4.69) is 0 Å². The number of piperidine rings is 1. The van der Waals surface area contributed by atoms with Crippen molar-refractivity contribution in [3.8, 4) is 0 Å². The highest BCUT2D eigenvalue weighted by Gasteiger charge is 2.29. The summed E-state index contributed by atoms with van der Waals surface area (Å²) in [5, 5.41) is 0. The molecule has 6 heteroatoms. The van der Waals surface area contributed by atoms with Crippen LogP contribution in [0.2, 0.25) is 0 Å². The van der Waals surface area contributed by atoms with Gasteiger partial charge in [0.2, 0.25) is 0 Å². The van der Waals surface area contributed by atoms with Crippen LogP contribution in [0.3, 0.4) is 0 Å². The van der Waals surface area contributed by atoms with Gasteiger partial charge in [-0.1, -0.05) is 6.42 Å². The van der Waals surface area contributed by atoms with E-state index in [4.69, 9.17) is 0 Å². The lowest BCUT2D eigenvalue weighted by Crippen LogP contribution is -2.41. The summed E-state index contributed by atoms with van der Waals surface area (Å²) in [6.07, 6.45) is 3.59. The second-order valence-electron chi connectivity index (χ2n) is 3.53. The molecule has 0 radical (unpaired) electrons. The van der Waals surface area contributed by atoms with E-state index in [0.717, 1.165) is 32.1 Å². The Morgan fingerprint density at radius 2 is 2.13 bits per heavy atom. The molecule has 1 heterocycles. The van der Waals surface area contributed by atoms with Crippen LogP contribution in [0.1, 0.15) is 19.3 Å². The predicted octanol–water partition coefficient (Wildman–Crippen LogP) is 2.29. The molecule has 1 saturated heterocycles. The Balaban J connectivity index is 2.26. The zero-order valence-electron chi connectivity index (χ0n) is 8.29. The second-order valence-corrected chi connectivity index (χ2v) is 4.69. The zero-order chi connectivity index (χ0) is 11.3. The van der Waals surface area contributed by atoms with Gasteiger partial charge < -0.3 is 4.79 Å². The second kappa shape index (κ2) is 5.75. The number of alkyl halides is 3. The highest BCUT2D eigenvalue weighted by Crippen LogP contribution is 2.30. The average Bonchev–Trinajstić information content (AvgIpc) is 2.16. The Labute approximate surface area is 91.2 Å². The quantitative estimate of drug-likeness (QED) is 0.704. The SMILES string of the molecule is O=CC1CCCCN1CCSC(F)(F)F. The van der Waals surface area contributed by atoms with Gasteiger partial charge in [0.15, 0.2) is 0 Å². The van der Waals surface area contributed by atoms with Crippen molar-refractivity contribution in [3.05, 3.63) is 0 Å². The molecule has 0 aliphatic carbocycles. The van der Waals surface area contributed by atoms with E-state index in [1.807, 2.05) is 4.90 Å². The highest BCUT2D eigenvalue weighted by atomic mass is 32.2. The first-order valence-corrected chi connectivity index (χ1v) is 5.91. The van der Waals surface area contributed by atoms with Gasteiger partial charge in [-0.15, -0.1) is 0 Å². The first-order chi connectivity index (χ1) is 7.03. The van der Waals surface area contributed by atoms with Crippen LogP contribution >= 0.6 is 11.8 Å². The smallest absolute Gasteiger partial charge is 0.302 e. The molecule has 0 amide bonds. The molecule has 1 aliphatic rings. The van der Waals surface area contributed by atoms with Crippen molar-refractivity contribution in [2.75, 3.05) is 18.8 Å². The molecule has 1 fully saturated rings. The fraction of sp³-hybridized carbons (Fsp3) is 0.889. The van der Waals surface area contributed by atoms with Crippen LogP contribution in [-0.2, 0) is 4.79 Å². The van der Waals surface area contributed by atoms with Gasteiger partial charge in [0.1, 0.15) is 6.29 Å². The van der Waals surface area contributed by atoms with E-state index < -0.39 is 5.51 Å². The fourth-order valence-electron chi connectivity index (χ4n) is 1.73. The molecule has 0 N–H and O–H groups in total. The summed E-state index contributed by atoms with van der Waals surface area (Å²) < 4.78 is 35.6. The largest absolute Gasteiger partial charge is 0.441 e. The summed E-state index contributed by atoms with van der Waals surface area (Å²) in [5.41, 5.74) is -4.16. The molecule has 2 nitrogen and oxygen atoms in total. The third-order valence-corrected chi connectivity index (χ3v) is 3.18. The van der Waals surface area contributed by atoms with E-state index in [1.165, 1.54) is 0 Å². The monoisotopic (exact) mass is 241 g/mol. The van der Waals surface area contributed by atoms with E-state index in [-0.39, 0.29) is 23.6 Å². The van der Waals surface area contributed by atoms with Gasteiger partial charge >= 0.3 is 5.51 Å². The highest BCUT2D eigenvalue weighted by molar-refractivity contribution is 8.00. The Kier molecular flexibility index (Phi) is 4.92. The Hall–Kier alpha value is -0.230. The van der Waals surface area contributed by atoms with Gasteiger partial charge in [0.25, 0.3) is 0 Å². The van der Waals surface area contributed by atoms with Crippen molar-refractivity contribution >= 4 is 18.0 Å². The molecule has 1 aliphatic heterocycles. The number of halogens is 3. The van der Waals surface area contributed by atoms with Gasteiger partial charge in [-0.3, -0.25) is 4.90 Å². The number of thioether (sulfide) groups is 1. The van der Waals surface area contributed by atoms with Gasteiger partial charge in [-0.05, 0) is 31.1 Å².